The minimum absolute atomic E-state index is 0.125. The number of methoxy groups -OCH3 is 1. The number of carbonyl (C=O) groups is 1. The van der Waals surface area contributed by atoms with Crippen molar-refractivity contribution in [3.05, 3.63) is 72.1 Å². The minimum atomic E-state index is -3.93. The van der Waals surface area contributed by atoms with Crippen molar-refractivity contribution >= 4 is 21.6 Å². The molecule has 1 aromatic heterocycles. The quantitative estimate of drug-likeness (QED) is 0.536. The number of carbonyl (C=O) groups excluding carboxylic acids is 1. The molecular formula is C22H21N3O6S. The molecule has 10 heteroatoms. The maximum atomic E-state index is 12.9. The van der Waals surface area contributed by atoms with Crippen LogP contribution in [0.25, 0.3) is 0 Å². The maximum Gasteiger partial charge on any atom is 0.255 e. The van der Waals surface area contributed by atoms with Crippen LogP contribution >= 0.6 is 0 Å². The molecule has 3 aromatic rings. The molecule has 0 saturated heterocycles. The number of rotatable bonds is 8. The van der Waals surface area contributed by atoms with Gasteiger partial charge >= 0.3 is 0 Å². The topological polar surface area (TPSA) is 116 Å². The van der Waals surface area contributed by atoms with Crippen LogP contribution in [0.1, 0.15) is 16.1 Å². The van der Waals surface area contributed by atoms with Gasteiger partial charge in [0.1, 0.15) is 10.6 Å². The summed E-state index contributed by atoms with van der Waals surface area (Å²) in [6, 6.07) is 14.7. The zero-order valence-corrected chi connectivity index (χ0v) is 18.0. The SMILES string of the molecule is COc1ccc(C(=O)Nc2ccc3c(c2)OCO3)cc1S(=O)(=O)NCCc1ccccn1. The van der Waals surface area contributed by atoms with Crippen molar-refractivity contribution in [3.63, 3.8) is 0 Å². The molecule has 0 bridgehead atoms. The van der Waals surface area contributed by atoms with Gasteiger partial charge in [-0.2, -0.15) is 0 Å². The monoisotopic (exact) mass is 455 g/mol. The molecule has 1 aliphatic heterocycles. The molecular weight excluding hydrogens is 434 g/mol. The molecule has 1 aliphatic rings. The fourth-order valence-corrected chi connectivity index (χ4v) is 4.37. The Kier molecular flexibility index (Phi) is 6.24. The van der Waals surface area contributed by atoms with Crippen LogP contribution in [0.15, 0.2) is 65.7 Å². The first-order chi connectivity index (χ1) is 15.5. The van der Waals surface area contributed by atoms with E-state index in [1.54, 1.807) is 30.5 Å². The van der Waals surface area contributed by atoms with E-state index < -0.39 is 15.9 Å². The van der Waals surface area contributed by atoms with E-state index >= 15 is 0 Å². The summed E-state index contributed by atoms with van der Waals surface area (Å²) in [5, 5.41) is 2.73. The average Bonchev–Trinajstić information content (AvgIpc) is 3.27. The summed E-state index contributed by atoms with van der Waals surface area (Å²) >= 11 is 0. The number of amides is 1. The number of pyridine rings is 1. The average molecular weight is 455 g/mol. The number of nitrogens with one attached hydrogen (secondary N) is 2. The second-order valence-corrected chi connectivity index (χ2v) is 8.59. The Bertz CT molecular complexity index is 1230. The van der Waals surface area contributed by atoms with Crippen molar-refractivity contribution in [1.82, 2.24) is 9.71 Å². The van der Waals surface area contributed by atoms with Crippen molar-refractivity contribution in [1.29, 1.82) is 0 Å². The third-order valence-electron chi connectivity index (χ3n) is 4.75. The zero-order chi connectivity index (χ0) is 22.6. The van der Waals surface area contributed by atoms with Crippen molar-refractivity contribution in [2.75, 3.05) is 25.8 Å². The highest BCUT2D eigenvalue weighted by Crippen LogP contribution is 2.34. The lowest BCUT2D eigenvalue weighted by Crippen LogP contribution is -2.27. The van der Waals surface area contributed by atoms with Crippen LogP contribution < -0.4 is 24.2 Å². The van der Waals surface area contributed by atoms with E-state index in [9.17, 15) is 13.2 Å². The third-order valence-corrected chi connectivity index (χ3v) is 6.23. The summed E-state index contributed by atoms with van der Waals surface area (Å²) in [7, 11) is -2.56. The number of sulfonamides is 1. The van der Waals surface area contributed by atoms with Crippen molar-refractivity contribution < 1.29 is 27.4 Å². The molecule has 2 aromatic carbocycles. The fraction of sp³-hybridized carbons (Fsp3) is 0.182. The molecule has 166 valence electrons. The summed E-state index contributed by atoms with van der Waals surface area (Å²) in [4.78, 5) is 16.8. The van der Waals surface area contributed by atoms with Gasteiger partial charge in [0.2, 0.25) is 16.8 Å². The van der Waals surface area contributed by atoms with E-state index in [4.69, 9.17) is 14.2 Å². The molecule has 0 atom stereocenters. The third kappa shape index (κ3) is 4.82. The van der Waals surface area contributed by atoms with Crippen LogP contribution in [0.2, 0.25) is 0 Å². The van der Waals surface area contributed by atoms with Gasteiger partial charge < -0.3 is 19.5 Å². The van der Waals surface area contributed by atoms with Gasteiger partial charge in [-0.05, 0) is 42.5 Å². The van der Waals surface area contributed by atoms with Crippen LogP contribution in [0, 0.1) is 0 Å². The van der Waals surface area contributed by atoms with E-state index in [0.717, 1.165) is 5.69 Å². The summed E-state index contributed by atoms with van der Waals surface area (Å²) in [5.41, 5.74) is 1.42. The molecule has 1 amide bonds. The van der Waals surface area contributed by atoms with Crippen LogP contribution in [0.3, 0.4) is 0 Å². The van der Waals surface area contributed by atoms with E-state index in [1.165, 1.54) is 25.3 Å². The Hall–Kier alpha value is -3.63. The number of hydrogen-bond donors (Lipinski definition) is 2. The molecule has 4 rings (SSSR count). The molecule has 32 heavy (non-hydrogen) atoms. The molecule has 0 unspecified atom stereocenters. The number of benzene rings is 2. The van der Waals surface area contributed by atoms with Crippen molar-refractivity contribution in [3.8, 4) is 17.2 Å². The van der Waals surface area contributed by atoms with Crippen molar-refractivity contribution in [2.45, 2.75) is 11.3 Å². The van der Waals surface area contributed by atoms with Gasteiger partial charge in [-0.15, -0.1) is 0 Å². The predicted octanol–water partition coefficient (Wildman–Crippen LogP) is 2.59. The van der Waals surface area contributed by atoms with Gasteiger partial charge in [-0.3, -0.25) is 9.78 Å². The second kappa shape index (κ2) is 9.25. The lowest BCUT2D eigenvalue weighted by Gasteiger charge is -2.13. The van der Waals surface area contributed by atoms with Gasteiger partial charge in [-0.25, -0.2) is 13.1 Å². The van der Waals surface area contributed by atoms with E-state index in [0.29, 0.717) is 23.6 Å². The fourth-order valence-electron chi connectivity index (χ4n) is 3.14. The van der Waals surface area contributed by atoms with Crippen LogP contribution in [-0.4, -0.2) is 39.8 Å². The zero-order valence-electron chi connectivity index (χ0n) is 17.2. The smallest absolute Gasteiger partial charge is 0.255 e. The van der Waals surface area contributed by atoms with E-state index in [2.05, 4.69) is 15.0 Å². The van der Waals surface area contributed by atoms with Gasteiger partial charge in [-0.1, -0.05) is 6.07 Å². The molecule has 0 fully saturated rings. The highest BCUT2D eigenvalue weighted by molar-refractivity contribution is 7.89. The Balaban J connectivity index is 1.50. The van der Waals surface area contributed by atoms with Crippen LogP contribution in [0.5, 0.6) is 17.2 Å². The highest BCUT2D eigenvalue weighted by Gasteiger charge is 2.22. The molecule has 2 heterocycles. The minimum Gasteiger partial charge on any atom is -0.495 e. The summed E-state index contributed by atoms with van der Waals surface area (Å²) in [5.74, 6) is 0.780. The van der Waals surface area contributed by atoms with Gasteiger partial charge in [0.25, 0.3) is 5.91 Å². The second-order valence-electron chi connectivity index (χ2n) is 6.86. The Morgan fingerprint density at radius 1 is 1.09 bits per heavy atom. The lowest BCUT2D eigenvalue weighted by molar-refractivity contribution is 0.102. The lowest BCUT2D eigenvalue weighted by atomic mass is 10.2. The molecule has 0 spiro atoms. The van der Waals surface area contributed by atoms with Gasteiger partial charge in [0.15, 0.2) is 11.5 Å². The molecule has 0 saturated carbocycles. The first-order valence-electron chi connectivity index (χ1n) is 9.75. The van der Waals surface area contributed by atoms with Crippen LogP contribution in [-0.2, 0) is 16.4 Å². The summed E-state index contributed by atoms with van der Waals surface area (Å²) in [6.45, 7) is 0.274. The highest BCUT2D eigenvalue weighted by atomic mass is 32.2. The summed E-state index contributed by atoms with van der Waals surface area (Å²) < 4.78 is 44.1. The maximum absolute atomic E-state index is 12.9. The number of fused-ring (bicyclic) bond motifs is 1. The Morgan fingerprint density at radius 3 is 2.72 bits per heavy atom. The number of anilines is 1. The standard InChI is InChI=1S/C22H21N3O6S/c1-29-19-7-5-15(22(26)25-17-6-8-18-20(13-17)31-14-30-18)12-21(19)32(27,28)24-11-9-16-4-2-3-10-23-16/h2-8,10,12-13,24H,9,11,14H2,1H3,(H,25,26). The first kappa shape index (κ1) is 21.6. The largest absolute Gasteiger partial charge is 0.495 e. The molecule has 0 aliphatic carbocycles. The van der Waals surface area contributed by atoms with E-state index in [1.807, 2.05) is 12.1 Å². The van der Waals surface area contributed by atoms with Crippen molar-refractivity contribution in [2.24, 2.45) is 0 Å². The first-order valence-corrected chi connectivity index (χ1v) is 11.2. The number of nitrogens with zero attached hydrogens (tertiary/aromatic N) is 1. The number of aromatic nitrogens is 1. The molecule has 2 N–H and O–H groups in total. The normalized spacial score (nSPS) is 12.4. The number of ether oxygens (including phenoxy) is 3. The van der Waals surface area contributed by atoms with Gasteiger partial charge in [0, 0.05) is 42.2 Å². The molecule has 0 radical (unpaired) electrons. The molecule has 9 nitrogen and oxygen atoms in total. The number of hydrogen-bond acceptors (Lipinski definition) is 7. The van der Waals surface area contributed by atoms with E-state index in [-0.39, 0.29) is 29.5 Å². The Labute approximate surface area is 185 Å². The summed E-state index contributed by atoms with van der Waals surface area (Å²) in [6.07, 6.45) is 2.07. The predicted molar refractivity (Wildman–Crippen MR) is 117 cm³/mol. The van der Waals surface area contributed by atoms with Crippen LogP contribution in [0.4, 0.5) is 5.69 Å². The Morgan fingerprint density at radius 2 is 1.94 bits per heavy atom. The van der Waals surface area contributed by atoms with Gasteiger partial charge in [0.05, 0.1) is 7.11 Å².